The summed E-state index contributed by atoms with van der Waals surface area (Å²) in [6, 6.07) is 19.4. The van der Waals surface area contributed by atoms with Gasteiger partial charge in [0.15, 0.2) is 5.78 Å². The molecule has 1 aromatic heterocycles. The molecule has 3 aromatic carbocycles. The Morgan fingerprint density at radius 2 is 1.59 bits per heavy atom. The van der Waals surface area contributed by atoms with E-state index >= 15 is 0 Å². The van der Waals surface area contributed by atoms with Gasteiger partial charge in [-0.15, -0.1) is 0 Å². The normalized spacial score (nSPS) is 11.2. The molecule has 9 heteroatoms. The number of methoxy groups -OCH3 is 2. The fraction of sp³-hybridized carbons (Fsp3) is 0.179. The number of carboxylic acid groups (broad SMARTS) is 1. The molecule has 0 unspecified atom stereocenters. The maximum atomic E-state index is 13.6. The Bertz CT molecular complexity index is 1440. The summed E-state index contributed by atoms with van der Waals surface area (Å²) in [5, 5.41) is 11.1. The largest absolute Gasteiger partial charge is 0.497 e. The van der Waals surface area contributed by atoms with Crippen LogP contribution in [0.3, 0.4) is 0 Å². The number of benzene rings is 3. The molecular formula is C28H29N3O6. The zero-order chi connectivity index (χ0) is 27.1. The highest BCUT2D eigenvalue weighted by Crippen LogP contribution is 2.32. The zero-order valence-electron chi connectivity index (χ0n) is 21.0. The van der Waals surface area contributed by atoms with Crippen molar-refractivity contribution in [1.29, 1.82) is 0 Å². The quantitative estimate of drug-likeness (QED) is 0.321. The molecule has 9 nitrogen and oxygen atoms in total. The van der Waals surface area contributed by atoms with Crippen LogP contribution >= 0.6 is 0 Å². The van der Waals surface area contributed by atoms with Crippen molar-refractivity contribution in [3.05, 3.63) is 84.1 Å². The highest BCUT2D eigenvalue weighted by molar-refractivity contribution is 6.13. The molecular weight excluding hydrogens is 474 g/mol. The zero-order valence-corrected chi connectivity index (χ0v) is 21.0. The second-order valence-electron chi connectivity index (χ2n) is 8.14. The number of amides is 1. The number of para-hydroxylation sites is 2. The number of aliphatic carboxylic acids is 1. The monoisotopic (exact) mass is 503 g/mol. The molecule has 0 bridgehead atoms. The maximum absolute atomic E-state index is 13.6. The van der Waals surface area contributed by atoms with E-state index in [1.54, 1.807) is 38.3 Å². The minimum Gasteiger partial charge on any atom is -0.497 e. The number of nitrogens with one attached hydrogen (secondary N) is 1. The molecule has 4 N–H and O–H groups in total. The lowest BCUT2D eigenvalue weighted by Crippen LogP contribution is -2.32. The first-order chi connectivity index (χ1) is 17.7. The van der Waals surface area contributed by atoms with Gasteiger partial charge < -0.3 is 30.2 Å². The van der Waals surface area contributed by atoms with Gasteiger partial charge in [0.05, 0.1) is 42.7 Å². The molecule has 0 fully saturated rings. The first kappa shape index (κ1) is 27.0. The molecule has 0 spiro atoms. The molecule has 0 aliphatic rings. The van der Waals surface area contributed by atoms with Gasteiger partial charge in [-0.05, 0) is 37.3 Å². The topological polar surface area (TPSA) is 133 Å². The van der Waals surface area contributed by atoms with Crippen molar-refractivity contribution < 1.29 is 29.0 Å². The standard InChI is InChI=1S/C26H25N3O4.C2H4O2/c1-16(27)26(31)28-21-15-29(22-10-6-4-8-18(21)22)23-11-7-5-9-19(23)25(30)20-13-12-17(32-2)14-24(20)33-3;1-2(3)4/h4-16H,27H2,1-3H3,(H,28,31);1H3,(H,3,4)/t16-;/m0./s1. The van der Waals surface area contributed by atoms with Crippen molar-refractivity contribution in [2.24, 2.45) is 5.73 Å². The fourth-order valence-electron chi connectivity index (χ4n) is 3.73. The van der Waals surface area contributed by atoms with E-state index in [4.69, 9.17) is 25.1 Å². The predicted octanol–water partition coefficient (Wildman–Crippen LogP) is 4.26. The van der Waals surface area contributed by atoms with E-state index in [0.29, 0.717) is 34.0 Å². The SMILES string of the molecule is CC(=O)O.COc1ccc(C(=O)c2ccccc2-n2cc(NC(=O)[C@H](C)N)c3ccccc32)c(OC)c1. The molecule has 0 radical (unpaired) electrons. The summed E-state index contributed by atoms with van der Waals surface area (Å²) in [4.78, 5) is 34.9. The van der Waals surface area contributed by atoms with E-state index in [0.717, 1.165) is 17.8 Å². The van der Waals surface area contributed by atoms with Gasteiger partial charge in [0.2, 0.25) is 5.91 Å². The molecule has 4 aromatic rings. The maximum Gasteiger partial charge on any atom is 0.300 e. The number of carboxylic acids is 1. The summed E-state index contributed by atoms with van der Waals surface area (Å²) in [7, 11) is 3.08. The van der Waals surface area contributed by atoms with E-state index < -0.39 is 12.0 Å². The first-order valence-electron chi connectivity index (χ1n) is 11.4. The van der Waals surface area contributed by atoms with Crippen molar-refractivity contribution >= 4 is 34.3 Å². The van der Waals surface area contributed by atoms with Crippen LogP contribution in [0.2, 0.25) is 0 Å². The molecule has 1 atom stereocenters. The lowest BCUT2D eigenvalue weighted by Gasteiger charge is -2.14. The Kier molecular flexibility index (Phi) is 8.65. The number of fused-ring (bicyclic) bond motifs is 1. The number of nitrogens with two attached hydrogens (primary N) is 1. The summed E-state index contributed by atoms with van der Waals surface area (Å²) in [5.41, 5.74) is 8.80. The molecule has 0 saturated carbocycles. The summed E-state index contributed by atoms with van der Waals surface area (Å²) in [6.45, 7) is 2.71. The van der Waals surface area contributed by atoms with Gasteiger partial charge in [-0.2, -0.15) is 0 Å². The van der Waals surface area contributed by atoms with E-state index in [9.17, 15) is 9.59 Å². The molecule has 0 saturated heterocycles. The van der Waals surface area contributed by atoms with Gasteiger partial charge in [-0.3, -0.25) is 14.4 Å². The predicted molar refractivity (Wildman–Crippen MR) is 142 cm³/mol. The number of hydrogen-bond donors (Lipinski definition) is 3. The van der Waals surface area contributed by atoms with Crippen LogP contribution in [0.4, 0.5) is 5.69 Å². The summed E-state index contributed by atoms with van der Waals surface area (Å²) in [6.07, 6.45) is 1.81. The van der Waals surface area contributed by atoms with Crippen LogP contribution in [0.1, 0.15) is 29.8 Å². The van der Waals surface area contributed by atoms with E-state index in [-0.39, 0.29) is 11.7 Å². The van der Waals surface area contributed by atoms with Crippen molar-refractivity contribution in [3.8, 4) is 17.2 Å². The third-order valence-electron chi connectivity index (χ3n) is 5.44. The molecule has 4 rings (SSSR count). The number of hydrogen-bond acceptors (Lipinski definition) is 6. The van der Waals surface area contributed by atoms with Gasteiger partial charge >= 0.3 is 0 Å². The second kappa shape index (κ2) is 11.9. The van der Waals surface area contributed by atoms with Crippen LogP contribution in [0.5, 0.6) is 11.5 Å². The minimum atomic E-state index is -0.833. The van der Waals surface area contributed by atoms with Crippen LogP contribution in [0, 0.1) is 0 Å². The van der Waals surface area contributed by atoms with Crippen LogP contribution in [-0.4, -0.2) is 47.6 Å². The fourth-order valence-corrected chi connectivity index (χ4v) is 3.73. The molecule has 1 amide bonds. The van der Waals surface area contributed by atoms with Crippen molar-refractivity contribution in [1.82, 2.24) is 4.57 Å². The summed E-state index contributed by atoms with van der Waals surface area (Å²) >= 11 is 0. The van der Waals surface area contributed by atoms with Gasteiger partial charge in [0, 0.05) is 30.1 Å². The Morgan fingerprint density at radius 3 is 2.24 bits per heavy atom. The van der Waals surface area contributed by atoms with E-state index in [1.165, 1.54) is 7.11 Å². The number of carbonyl (C=O) groups is 3. The number of carbonyl (C=O) groups excluding carboxylic acids is 2. The lowest BCUT2D eigenvalue weighted by molar-refractivity contribution is -0.134. The van der Waals surface area contributed by atoms with Crippen LogP contribution < -0.4 is 20.5 Å². The van der Waals surface area contributed by atoms with Crippen molar-refractivity contribution in [3.63, 3.8) is 0 Å². The highest BCUT2D eigenvalue weighted by atomic mass is 16.5. The third kappa shape index (κ3) is 6.14. The molecule has 0 aliphatic carbocycles. The minimum absolute atomic E-state index is 0.191. The Hall–Kier alpha value is -4.63. The van der Waals surface area contributed by atoms with Crippen LogP contribution in [0.25, 0.3) is 16.6 Å². The van der Waals surface area contributed by atoms with Crippen LogP contribution in [-0.2, 0) is 9.59 Å². The average molecular weight is 504 g/mol. The Labute approximate surface area is 214 Å². The van der Waals surface area contributed by atoms with Crippen LogP contribution in [0.15, 0.2) is 72.9 Å². The molecule has 0 aliphatic heterocycles. The number of ether oxygens (including phenoxy) is 2. The second-order valence-corrected chi connectivity index (χ2v) is 8.14. The number of aromatic nitrogens is 1. The van der Waals surface area contributed by atoms with E-state index in [2.05, 4.69) is 5.32 Å². The lowest BCUT2D eigenvalue weighted by atomic mass is 10.0. The molecule has 192 valence electrons. The third-order valence-corrected chi connectivity index (χ3v) is 5.44. The average Bonchev–Trinajstić information content (AvgIpc) is 3.25. The molecule has 37 heavy (non-hydrogen) atoms. The van der Waals surface area contributed by atoms with Crippen molar-refractivity contribution in [2.45, 2.75) is 19.9 Å². The van der Waals surface area contributed by atoms with Gasteiger partial charge in [-0.25, -0.2) is 0 Å². The number of nitrogens with zero attached hydrogens (tertiary/aromatic N) is 1. The smallest absolute Gasteiger partial charge is 0.300 e. The van der Waals surface area contributed by atoms with Crippen molar-refractivity contribution in [2.75, 3.05) is 19.5 Å². The summed E-state index contributed by atoms with van der Waals surface area (Å²) < 4.78 is 12.6. The number of rotatable bonds is 7. The van der Waals surface area contributed by atoms with E-state index in [1.807, 2.05) is 53.2 Å². The molecule has 1 heterocycles. The number of anilines is 1. The Morgan fingerprint density at radius 1 is 0.946 bits per heavy atom. The highest BCUT2D eigenvalue weighted by Gasteiger charge is 2.21. The van der Waals surface area contributed by atoms with Gasteiger partial charge in [0.1, 0.15) is 11.5 Å². The number of ketones is 1. The van der Waals surface area contributed by atoms with Gasteiger partial charge in [-0.1, -0.05) is 30.3 Å². The van der Waals surface area contributed by atoms with Gasteiger partial charge in [0.25, 0.3) is 5.97 Å². The Balaban J connectivity index is 0.000000886. The first-order valence-corrected chi connectivity index (χ1v) is 11.4. The summed E-state index contributed by atoms with van der Waals surface area (Å²) in [5.74, 6) is -0.284.